The fourth-order valence-corrected chi connectivity index (χ4v) is 1.95. The third-order valence-electron chi connectivity index (χ3n) is 2.86. The molecule has 1 aliphatic carbocycles. The number of allylic oxidation sites excluding steroid dienone is 2. The highest BCUT2D eigenvalue weighted by Gasteiger charge is 2.14. The van der Waals surface area contributed by atoms with E-state index in [1.165, 1.54) is 5.56 Å². The summed E-state index contributed by atoms with van der Waals surface area (Å²) in [5.41, 5.74) is 1.17. The Labute approximate surface area is 103 Å². The molecule has 1 atom stereocenters. The van der Waals surface area contributed by atoms with Crippen molar-refractivity contribution < 1.29 is 4.74 Å². The third-order valence-corrected chi connectivity index (χ3v) is 2.86. The largest absolute Gasteiger partial charge is 0.366 e. The smallest absolute Gasteiger partial charge is 0.101 e. The van der Waals surface area contributed by atoms with Crippen LogP contribution in [0.4, 0.5) is 0 Å². The number of rotatable bonds is 4. The minimum Gasteiger partial charge on any atom is -0.366 e. The Balaban J connectivity index is 2.02. The first-order chi connectivity index (χ1) is 8.40. The Hall–Kier alpha value is -1.60. The molecule has 0 saturated carbocycles. The van der Waals surface area contributed by atoms with E-state index >= 15 is 0 Å². The zero-order chi connectivity index (χ0) is 11.9. The lowest BCUT2D eigenvalue weighted by molar-refractivity contribution is 0.0164. The van der Waals surface area contributed by atoms with Gasteiger partial charge in [0.15, 0.2) is 0 Å². The molecule has 0 N–H and O–H groups in total. The molecule has 0 saturated heterocycles. The van der Waals surface area contributed by atoms with Crippen LogP contribution in [0.5, 0.6) is 0 Å². The van der Waals surface area contributed by atoms with E-state index < -0.39 is 0 Å². The van der Waals surface area contributed by atoms with Crippen molar-refractivity contribution in [2.24, 2.45) is 0 Å². The number of hydrogen-bond acceptors (Lipinski definition) is 1. The minimum absolute atomic E-state index is 0.0129. The number of benzene rings is 1. The van der Waals surface area contributed by atoms with Crippen LogP contribution in [0.25, 0.3) is 0 Å². The molecule has 2 rings (SSSR count). The van der Waals surface area contributed by atoms with Crippen LogP contribution in [0.3, 0.4) is 0 Å². The monoisotopic (exact) mass is 226 g/mol. The van der Waals surface area contributed by atoms with Crippen molar-refractivity contribution in [2.45, 2.75) is 25.0 Å². The first kappa shape index (κ1) is 11.9. The van der Waals surface area contributed by atoms with Gasteiger partial charge in [0, 0.05) is 0 Å². The van der Waals surface area contributed by atoms with Crippen molar-refractivity contribution in [1.82, 2.24) is 0 Å². The van der Waals surface area contributed by atoms with Gasteiger partial charge in [0.25, 0.3) is 0 Å². The van der Waals surface area contributed by atoms with Gasteiger partial charge in [0.05, 0.1) is 6.10 Å². The Morgan fingerprint density at radius 3 is 2.35 bits per heavy atom. The Morgan fingerprint density at radius 1 is 1.12 bits per heavy atom. The summed E-state index contributed by atoms with van der Waals surface area (Å²) in [5.74, 6) is 0. The molecule has 0 fully saturated rings. The molecular formula is C16H18O. The molecule has 1 aromatic carbocycles. The molecule has 0 aromatic heterocycles. The summed E-state index contributed by atoms with van der Waals surface area (Å²) in [5, 5.41) is 0. The van der Waals surface area contributed by atoms with Crippen molar-refractivity contribution >= 4 is 0 Å². The minimum atomic E-state index is -0.0129. The van der Waals surface area contributed by atoms with Crippen LogP contribution < -0.4 is 0 Å². The molecule has 1 aromatic rings. The molecular weight excluding hydrogens is 208 g/mol. The van der Waals surface area contributed by atoms with Crippen LogP contribution in [0.15, 0.2) is 67.3 Å². The topological polar surface area (TPSA) is 9.23 Å². The maximum Gasteiger partial charge on any atom is 0.101 e. The summed E-state index contributed by atoms with van der Waals surface area (Å²) in [6, 6.07) is 10.2. The van der Waals surface area contributed by atoms with Crippen LogP contribution >= 0.6 is 0 Å². The Kier molecular flexibility index (Phi) is 4.34. The SMILES string of the molecule is C=CC(OC1CC=CC=CC1)c1ccccc1. The number of ether oxygens (including phenoxy) is 1. The van der Waals surface area contributed by atoms with Gasteiger partial charge in [-0.3, -0.25) is 0 Å². The average molecular weight is 226 g/mol. The Morgan fingerprint density at radius 2 is 1.76 bits per heavy atom. The molecule has 0 heterocycles. The molecule has 0 amide bonds. The van der Waals surface area contributed by atoms with E-state index in [-0.39, 0.29) is 12.2 Å². The molecule has 1 nitrogen and oxygen atoms in total. The predicted octanol–water partition coefficient (Wildman–Crippen LogP) is 4.21. The number of hydrogen-bond donors (Lipinski definition) is 0. The fraction of sp³-hybridized carbons (Fsp3) is 0.250. The molecule has 88 valence electrons. The quantitative estimate of drug-likeness (QED) is 0.699. The van der Waals surface area contributed by atoms with E-state index in [2.05, 4.69) is 43.0 Å². The lowest BCUT2D eigenvalue weighted by Crippen LogP contribution is -2.14. The zero-order valence-electron chi connectivity index (χ0n) is 9.96. The van der Waals surface area contributed by atoms with Gasteiger partial charge in [-0.1, -0.05) is 60.7 Å². The Bertz CT molecular complexity index is 389. The first-order valence-corrected chi connectivity index (χ1v) is 6.05. The molecule has 0 bridgehead atoms. The van der Waals surface area contributed by atoms with Crippen molar-refractivity contribution in [2.75, 3.05) is 0 Å². The van der Waals surface area contributed by atoms with Gasteiger partial charge in [0.1, 0.15) is 6.10 Å². The maximum atomic E-state index is 6.09. The lowest BCUT2D eigenvalue weighted by atomic mass is 10.1. The normalized spacial score (nSPS) is 17.6. The van der Waals surface area contributed by atoms with Gasteiger partial charge < -0.3 is 4.74 Å². The first-order valence-electron chi connectivity index (χ1n) is 6.05. The van der Waals surface area contributed by atoms with Crippen LogP contribution in [0, 0.1) is 0 Å². The summed E-state index contributed by atoms with van der Waals surface area (Å²) < 4.78 is 6.09. The fourth-order valence-electron chi connectivity index (χ4n) is 1.95. The van der Waals surface area contributed by atoms with Crippen molar-refractivity contribution in [3.05, 3.63) is 72.9 Å². The van der Waals surface area contributed by atoms with Crippen molar-refractivity contribution in [3.8, 4) is 0 Å². The molecule has 1 unspecified atom stereocenters. The molecule has 17 heavy (non-hydrogen) atoms. The van der Waals surface area contributed by atoms with Gasteiger partial charge >= 0.3 is 0 Å². The third kappa shape index (κ3) is 3.43. The second-order valence-electron chi connectivity index (χ2n) is 4.15. The van der Waals surface area contributed by atoms with E-state index in [1.807, 2.05) is 24.3 Å². The highest BCUT2D eigenvalue weighted by atomic mass is 16.5. The second-order valence-corrected chi connectivity index (χ2v) is 4.15. The van der Waals surface area contributed by atoms with Gasteiger partial charge in [-0.15, -0.1) is 6.58 Å². The van der Waals surface area contributed by atoms with E-state index in [0.29, 0.717) is 0 Å². The lowest BCUT2D eigenvalue weighted by Gasteiger charge is -2.21. The molecule has 1 aliphatic rings. The van der Waals surface area contributed by atoms with E-state index in [1.54, 1.807) is 0 Å². The van der Waals surface area contributed by atoms with Gasteiger partial charge in [-0.2, -0.15) is 0 Å². The standard InChI is InChI=1S/C16H18O/c1-2-16(14-10-6-5-7-11-14)17-15-12-8-3-4-9-13-15/h2-11,15-16H,1,12-13H2. The highest BCUT2D eigenvalue weighted by Crippen LogP contribution is 2.23. The molecule has 0 radical (unpaired) electrons. The van der Waals surface area contributed by atoms with E-state index in [4.69, 9.17) is 4.74 Å². The summed E-state index contributed by atoms with van der Waals surface area (Å²) in [6.07, 6.45) is 12.5. The van der Waals surface area contributed by atoms with E-state index in [0.717, 1.165) is 12.8 Å². The van der Waals surface area contributed by atoms with Gasteiger partial charge in [0.2, 0.25) is 0 Å². The highest BCUT2D eigenvalue weighted by molar-refractivity contribution is 5.21. The maximum absolute atomic E-state index is 6.09. The van der Waals surface area contributed by atoms with Crippen LogP contribution in [0.1, 0.15) is 24.5 Å². The van der Waals surface area contributed by atoms with Crippen LogP contribution in [0.2, 0.25) is 0 Å². The van der Waals surface area contributed by atoms with E-state index in [9.17, 15) is 0 Å². The summed E-state index contributed by atoms with van der Waals surface area (Å²) >= 11 is 0. The van der Waals surface area contributed by atoms with Crippen molar-refractivity contribution in [3.63, 3.8) is 0 Å². The molecule has 0 spiro atoms. The summed E-state index contributed by atoms with van der Waals surface area (Å²) in [7, 11) is 0. The van der Waals surface area contributed by atoms with Crippen LogP contribution in [-0.4, -0.2) is 6.10 Å². The summed E-state index contributed by atoms with van der Waals surface area (Å²) in [4.78, 5) is 0. The summed E-state index contributed by atoms with van der Waals surface area (Å²) in [6.45, 7) is 3.87. The zero-order valence-corrected chi connectivity index (χ0v) is 9.96. The second kappa shape index (κ2) is 6.21. The predicted molar refractivity (Wildman–Crippen MR) is 71.8 cm³/mol. The van der Waals surface area contributed by atoms with Gasteiger partial charge in [-0.25, -0.2) is 0 Å². The average Bonchev–Trinajstić information content (AvgIpc) is 2.65. The van der Waals surface area contributed by atoms with Crippen molar-refractivity contribution in [1.29, 1.82) is 0 Å². The molecule has 1 heteroatoms. The molecule has 0 aliphatic heterocycles. The van der Waals surface area contributed by atoms with Crippen LogP contribution in [-0.2, 0) is 4.74 Å². The van der Waals surface area contributed by atoms with Gasteiger partial charge in [-0.05, 0) is 18.4 Å².